The highest BCUT2D eigenvalue weighted by molar-refractivity contribution is 5.19. The molecule has 15 heavy (non-hydrogen) atoms. The minimum absolute atomic E-state index is 0.0906. The van der Waals surface area contributed by atoms with Crippen LogP contribution in [0.3, 0.4) is 0 Å². The molecule has 0 radical (unpaired) electrons. The third kappa shape index (κ3) is 2.55. The van der Waals surface area contributed by atoms with E-state index in [9.17, 15) is 4.39 Å². The fraction of sp³-hybridized carbons (Fsp3) is 0.500. The highest BCUT2D eigenvalue weighted by Gasteiger charge is 2.22. The molecule has 0 spiro atoms. The summed E-state index contributed by atoms with van der Waals surface area (Å²) >= 11 is 0. The van der Waals surface area contributed by atoms with Gasteiger partial charge in [0.2, 0.25) is 0 Å². The molecule has 1 aromatic rings. The average Bonchev–Trinajstić information content (AvgIpc) is 2.30. The van der Waals surface area contributed by atoms with Gasteiger partial charge in [-0.1, -0.05) is 12.1 Å². The average molecular weight is 209 g/mol. The molecule has 1 aromatic carbocycles. The van der Waals surface area contributed by atoms with Crippen LogP contribution >= 0.6 is 0 Å². The first-order valence-electron chi connectivity index (χ1n) is 5.40. The minimum Gasteiger partial charge on any atom is -0.369 e. The lowest BCUT2D eigenvalue weighted by Gasteiger charge is -2.29. The van der Waals surface area contributed by atoms with Crippen molar-refractivity contribution < 1.29 is 9.13 Å². The predicted octanol–water partition coefficient (Wildman–Crippen LogP) is 2.39. The van der Waals surface area contributed by atoms with Gasteiger partial charge in [0, 0.05) is 6.54 Å². The van der Waals surface area contributed by atoms with Crippen LogP contribution < -0.4 is 5.73 Å². The number of halogens is 1. The summed E-state index contributed by atoms with van der Waals surface area (Å²) in [6.07, 6.45) is 3.42. The SMILES string of the molecule is NCC1CCCC(c2ccc(F)cc2)O1. The molecule has 1 saturated heterocycles. The monoisotopic (exact) mass is 209 g/mol. The maximum absolute atomic E-state index is 12.7. The summed E-state index contributed by atoms with van der Waals surface area (Å²) < 4.78 is 18.5. The van der Waals surface area contributed by atoms with Crippen molar-refractivity contribution in [2.24, 2.45) is 5.73 Å². The van der Waals surface area contributed by atoms with Gasteiger partial charge in [-0.05, 0) is 37.0 Å². The summed E-state index contributed by atoms with van der Waals surface area (Å²) in [5.74, 6) is -0.204. The van der Waals surface area contributed by atoms with E-state index >= 15 is 0 Å². The van der Waals surface area contributed by atoms with Crippen molar-refractivity contribution >= 4 is 0 Å². The van der Waals surface area contributed by atoms with Crippen LogP contribution in [0, 0.1) is 5.82 Å². The lowest BCUT2D eigenvalue weighted by Crippen LogP contribution is -2.29. The fourth-order valence-corrected chi connectivity index (χ4v) is 2.00. The Morgan fingerprint density at radius 1 is 1.27 bits per heavy atom. The second-order valence-electron chi connectivity index (χ2n) is 3.96. The quantitative estimate of drug-likeness (QED) is 0.811. The molecule has 0 amide bonds. The lowest BCUT2D eigenvalue weighted by molar-refractivity contribution is -0.0462. The van der Waals surface area contributed by atoms with Crippen LogP contribution in [-0.4, -0.2) is 12.6 Å². The first-order chi connectivity index (χ1) is 7.29. The van der Waals surface area contributed by atoms with Crippen molar-refractivity contribution in [1.82, 2.24) is 0 Å². The van der Waals surface area contributed by atoms with Crippen molar-refractivity contribution in [1.29, 1.82) is 0 Å². The number of hydrogen-bond donors (Lipinski definition) is 1. The van der Waals surface area contributed by atoms with Crippen LogP contribution in [0.15, 0.2) is 24.3 Å². The molecule has 0 saturated carbocycles. The van der Waals surface area contributed by atoms with Gasteiger partial charge in [-0.15, -0.1) is 0 Å². The highest BCUT2D eigenvalue weighted by atomic mass is 19.1. The van der Waals surface area contributed by atoms with E-state index in [4.69, 9.17) is 10.5 Å². The Hall–Kier alpha value is -0.930. The van der Waals surface area contributed by atoms with Crippen molar-refractivity contribution in [2.75, 3.05) is 6.54 Å². The maximum Gasteiger partial charge on any atom is 0.123 e. The van der Waals surface area contributed by atoms with E-state index in [-0.39, 0.29) is 18.0 Å². The highest BCUT2D eigenvalue weighted by Crippen LogP contribution is 2.30. The molecule has 1 aliphatic heterocycles. The van der Waals surface area contributed by atoms with Crippen LogP contribution in [0.25, 0.3) is 0 Å². The van der Waals surface area contributed by atoms with Crippen molar-refractivity contribution in [3.05, 3.63) is 35.6 Å². The Labute approximate surface area is 89.2 Å². The fourth-order valence-electron chi connectivity index (χ4n) is 2.00. The largest absolute Gasteiger partial charge is 0.369 e. The molecule has 82 valence electrons. The van der Waals surface area contributed by atoms with Gasteiger partial charge in [-0.25, -0.2) is 4.39 Å². The predicted molar refractivity (Wildman–Crippen MR) is 56.9 cm³/mol. The number of benzene rings is 1. The van der Waals surface area contributed by atoms with Crippen molar-refractivity contribution in [2.45, 2.75) is 31.5 Å². The van der Waals surface area contributed by atoms with Crippen LogP contribution in [-0.2, 0) is 4.74 Å². The summed E-state index contributed by atoms with van der Waals surface area (Å²) in [4.78, 5) is 0. The smallest absolute Gasteiger partial charge is 0.123 e. The van der Waals surface area contributed by atoms with Crippen molar-refractivity contribution in [3.8, 4) is 0 Å². The van der Waals surface area contributed by atoms with E-state index in [1.54, 1.807) is 12.1 Å². The van der Waals surface area contributed by atoms with Gasteiger partial charge in [0.15, 0.2) is 0 Å². The zero-order valence-electron chi connectivity index (χ0n) is 8.66. The van der Waals surface area contributed by atoms with Crippen LogP contribution in [0.5, 0.6) is 0 Å². The first kappa shape index (κ1) is 10.6. The molecule has 2 rings (SSSR count). The Bertz CT molecular complexity index is 312. The molecular weight excluding hydrogens is 193 g/mol. The Kier molecular flexibility index (Phi) is 3.34. The van der Waals surface area contributed by atoms with Gasteiger partial charge in [0.05, 0.1) is 12.2 Å². The van der Waals surface area contributed by atoms with Crippen LogP contribution in [0.2, 0.25) is 0 Å². The first-order valence-corrected chi connectivity index (χ1v) is 5.40. The van der Waals surface area contributed by atoms with Gasteiger partial charge in [-0.3, -0.25) is 0 Å². The minimum atomic E-state index is -0.204. The van der Waals surface area contributed by atoms with Gasteiger partial charge in [0.25, 0.3) is 0 Å². The molecule has 2 unspecified atom stereocenters. The van der Waals surface area contributed by atoms with Crippen LogP contribution in [0.4, 0.5) is 4.39 Å². The van der Waals surface area contributed by atoms with E-state index in [2.05, 4.69) is 0 Å². The second kappa shape index (κ2) is 4.73. The molecule has 0 aliphatic carbocycles. The zero-order chi connectivity index (χ0) is 10.7. The van der Waals surface area contributed by atoms with E-state index in [1.807, 2.05) is 0 Å². The van der Waals surface area contributed by atoms with Gasteiger partial charge < -0.3 is 10.5 Å². The summed E-state index contributed by atoms with van der Waals surface area (Å²) in [7, 11) is 0. The summed E-state index contributed by atoms with van der Waals surface area (Å²) in [6.45, 7) is 0.567. The maximum atomic E-state index is 12.7. The summed E-state index contributed by atoms with van der Waals surface area (Å²) in [6, 6.07) is 6.54. The Morgan fingerprint density at radius 2 is 2.00 bits per heavy atom. The summed E-state index contributed by atoms with van der Waals surface area (Å²) in [5, 5.41) is 0. The summed E-state index contributed by atoms with van der Waals surface area (Å²) in [5.41, 5.74) is 6.63. The third-order valence-electron chi connectivity index (χ3n) is 2.85. The zero-order valence-corrected chi connectivity index (χ0v) is 8.66. The second-order valence-corrected chi connectivity index (χ2v) is 3.96. The standard InChI is InChI=1S/C12H16FNO/c13-10-6-4-9(5-7-10)12-3-1-2-11(8-14)15-12/h4-7,11-12H,1-3,8,14H2. The number of rotatable bonds is 2. The molecular formula is C12H16FNO. The number of ether oxygens (including phenoxy) is 1. The van der Waals surface area contributed by atoms with Gasteiger partial charge in [0.1, 0.15) is 5.82 Å². The normalized spacial score (nSPS) is 26.5. The topological polar surface area (TPSA) is 35.2 Å². The van der Waals surface area contributed by atoms with Crippen molar-refractivity contribution in [3.63, 3.8) is 0 Å². The molecule has 2 atom stereocenters. The van der Waals surface area contributed by atoms with Gasteiger partial charge >= 0.3 is 0 Å². The van der Waals surface area contributed by atoms with E-state index in [0.29, 0.717) is 6.54 Å². The lowest BCUT2D eigenvalue weighted by atomic mass is 9.98. The third-order valence-corrected chi connectivity index (χ3v) is 2.85. The van der Waals surface area contributed by atoms with Gasteiger partial charge in [-0.2, -0.15) is 0 Å². The molecule has 1 aliphatic rings. The molecule has 3 heteroatoms. The molecule has 2 nitrogen and oxygen atoms in total. The molecule has 0 bridgehead atoms. The molecule has 1 heterocycles. The van der Waals surface area contributed by atoms with Crippen LogP contribution in [0.1, 0.15) is 30.9 Å². The Morgan fingerprint density at radius 3 is 2.67 bits per heavy atom. The van der Waals surface area contributed by atoms with E-state index in [1.165, 1.54) is 12.1 Å². The molecule has 2 N–H and O–H groups in total. The Balaban J connectivity index is 2.06. The molecule has 0 aromatic heterocycles. The number of hydrogen-bond acceptors (Lipinski definition) is 2. The van der Waals surface area contributed by atoms with E-state index in [0.717, 1.165) is 24.8 Å². The molecule has 1 fully saturated rings. The van der Waals surface area contributed by atoms with E-state index < -0.39 is 0 Å². The number of nitrogens with two attached hydrogens (primary N) is 1.